The van der Waals surface area contributed by atoms with Crippen LogP contribution in [0.25, 0.3) is 0 Å². The van der Waals surface area contributed by atoms with Crippen LogP contribution in [0, 0.1) is 5.92 Å². The van der Waals surface area contributed by atoms with E-state index >= 15 is 0 Å². The summed E-state index contributed by atoms with van der Waals surface area (Å²) in [6.07, 6.45) is 0. The van der Waals surface area contributed by atoms with E-state index in [0.717, 1.165) is 6.54 Å². The molecule has 0 radical (unpaired) electrons. The first-order valence-corrected chi connectivity index (χ1v) is 6.12. The van der Waals surface area contributed by atoms with Gasteiger partial charge in [0.15, 0.2) is 0 Å². The summed E-state index contributed by atoms with van der Waals surface area (Å²) in [4.78, 5) is 0. The maximum Gasteiger partial charge on any atom is 0.110 e. The third kappa shape index (κ3) is 2.10. The molecule has 3 nitrogen and oxygen atoms in total. The first kappa shape index (κ1) is 12.6. The molecular weight excluding hydrogens is 214 g/mol. The van der Waals surface area contributed by atoms with Crippen molar-refractivity contribution in [2.24, 2.45) is 5.92 Å². The van der Waals surface area contributed by atoms with Crippen LogP contribution < -0.4 is 5.32 Å². The van der Waals surface area contributed by atoms with Gasteiger partial charge >= 0.3 is 0 Å². The van der Waals surface area contributed by atoms with E-state index in [2.05, 4.69) is 17.4 Å². The van der Waals surface area contributed by atoms with Crippen molar-refractivity contribution in [2.45, 2.75) is 32.0 Å². The lowest BCUT2D eigenvalue weighted by atomic mass is 9.81. The molecule has 0 saturated heterocycles. The lowest BCUT2D eigenvalue weighted by Gasteiger charge is -2.37. The molecule has 0 amide bonds. The number of aliphatic hydroxyl groups is 1. The molecule has 1 aliphatic rings. The van der Waals surface area contributed by atoms with Gasteiger partial charge in [-0.25, -0.2) is 0 Å². The van der Waals surface area contributed by atoms with E-state index in [1.54, 1.807) is 7.11 Å². The van der Waals surface area contributed by atoms with Crippen LogP contribution in [0.2, 0.25) is 0 Å². The zero-order chi connectivity index (χ0) is 12.5. The Morgan fingerprint density at radius 1 is 1.47 bits per heavy atom. The number of hydrogen-bond acceptors (Lipinski definition) is 3. The molecule has 0 spiro atoms. The fourth-order valence-electron chi connectivity index (χ4n) is 2.56. The van der Waals surface area contributed by atoms with Crippen LogP contribution >= 0.6 is 0 Å². The van der Waals surface area contributed by atoms with Crippen LogP contribution in [-0.4, -0.2) is 24.4 Å². The van der Waals surface area contributed by atoms with E-state index in [9.17, 15) is 5.11 Å². The van der Waals surface area contributed by atoms with Crippen molar-refractivity contribution in [3.8, 4) is 0 Å². The minimum Gasteiger partial charge on any atom is -0.385 e. The molecule has 0 fully saturated rings. The van der Waals surface area contributed by atoms with Gasteiger partial charge in [0.1, 0.15) is 5.60 Å². The number of methoxy groups -OCH3 is 1. The average molecular weight is 235 g/mol. The second-order valence-corrected chi connectivity index (χ2v) is 5.09. The highest BCUT2D eigenvalue weighted by Gasteiger charge is 2.43. The molecule has 1 heterocycles. The minimum atomic E-state index is -0.860. The Kier molecular flexibility index (Phi) is 3.52. The van der Waals surface area contributed by atoms with Gasteiger partial charge in [0.2, 0.25) is 0 Å². The van der Waals surface area contributed by atoms with Crippen molar-refractivity contribution in [1.29, 1.82) is 0 Å². The fourth-order valence-corrected chi connectivity index (χ4v) is 2.56. The Morgan fingerprint density at radius 3 is 2.82 bits per heavy atom. The smallest absolute Gasteiger partial charge is 0.110 e. The van der Waals surface area contributed by atoms with Gasteiger partial charge in [0.05, 0.1) is 12.6 Å². The third-order valence-corrected chi connectivity index (χ3v) is 3.74. The Morgan fingerprint density at radius 2 is 2.18 bits per heavy atom. The maximum atomic E-state index is 10.8. The summed E-state index contributed by atoms with van der Waals surface area (Å²) in [5, 5.41) is 14.2. The fraction of sp³-hybridized carbons (Fsp3) is 0.571. The largest absolute Gasteiger partial charge is 0.385 e. The van der Waals surface area contributed by atoms with E-state index in [1.165, 1.54) is 11.1 Å². The average Bonchev–Trinajstić information content (AvgIpc) is 2.73. The van der Waals surface area contributed by atoms with E-state index < -0.39 is 5.60 Å². The highest BCUT2D eigenvalue weighted by atomic mass is 16.5. The normalized spacial score (nSPS) is 22.5. The van der Waals surface area contributed by atoms with Crippen LogP contribution in [0.5, 0.6) is 0 Å². The number of ether oxygens (including phenoxy) is 1. The van der Waals surface area contributed by atoms with E-state index in [4.69, 9.17) is 4.74 Å². The van der Waals surface area contributed by atoms with Gasteiger partial charge < -0.3 is 15.2 Å². The van der Waals surface area contributed by atoms with Crippen molar-refractivity contribution >= 4 is 0 Å². The second-order valence-electron chi connectivity index (χ2n) is 5.09. The predicted octanol–water partition coefficient (Wildman–Crippen LogP) is 1.86. The Balaban J connectivity index is 2.34. The second kappa shape index (κ2) is 4.77. The highest BCUT2D eigenvalue weighted by Crippen LogP contribution is 2.37. The maximum absolute atomic E-state index is 10.8. The summed E-state index contributed by atoms with van der Waals surface area (Å²) >= 11 is 0. The molecular formula is C14H21NO2. The van der Waals surface area contributed by atoms with Gasteiger partial charge in [-0.15, -0.1) is 0 Å². The number of nitrogens with one attached hydrogen (secondary N) is 1. The first-order valence-electron chi connectivity index (χ1n) is 6.12. The standard InChI is InChI=1S/C14H21NO2/c1-10(2)14(16,9-17-3)13-12-7-5-4-6-11(12)8-15-13/h4-7,10,13,15-16H,8-9H2,1-3H3. The van der Waals surface area contributed by atoms with E-state index in [-0.39, 0.29) is 12.0 Å². The Bertz CT molecular complexity index is 392. The van der Waals surface area contributed by atoms with E-state index in [0.29, 0.717) is 6.61 Å². The summed E-state index contributed by atoms with van der Waals surface area (Å²) in [5.74, 6) is 0.131. The SMILES string of the molecule is COCC(O)(C(C)C)C1NCc2ccccc21. The summed E-state index contributed by atoms with van der Waals surface area (Å²) in [7, 11) is 1.63. The van der Waals surface area contributed by atoms with Gasteiger partial charge in [-0.3, -0.25) is 0 Å². The molecule has 0 bridgehead atoms. The van der Waals surface area contributed by atoms with Crippen LogP contribution in [0.1, 0.15) is 31.0 Å². The van der Waals surface area contributed by atoms with Crippen molar-refractivity contribution in [3.05, 3.63) is 35.4 Å². The number of rotatable bonds is 4. The van der Waals surface area contributed by atoms with E-state index in [1.807, 2.05) is 26.0 Å². The topological polar surface area (TPSA) is 41.5 Å². The number of hydrogen-bond donors (Lipinski definition) is 2. The molecule has 2 atom stereocenters. The first-order chi connectivity index (χ1) is 8.09. The van der Waals surface area contributed by atoms with Crippen molar-refractivity contribution in [3.63, 3.8) is 0 Å². The van der Waals surface area contributed by atoms with Gasteiger partial charge in [0, 0.05) is 13.7 Å². The van der Waals surface area contributed by atoms with Crippen molar-refractivity contribution in [2.75, 3.05) is 13.7 Å². The van der Waals surface area contributed by atoms with Gasteiger partial charge in [0.25, 0.3) is 0 Å². The molecule has 1 aromatic rings. The number of benzene rings is 1. The molecule has 2 unspecified atom stereocenters. The molecule has 0 saturated carbocycles. The zero-order valence-electron chi connectivity index (χ0n) is 10.7. The van der Waals surface area contributed by atoms with Crippen LogP contribution in [-0.2, 0) is 11.3 Å². The lowest BCUT2D eigenvalue weighted by Crippen LogP contribution is -2.49. The van der Waals surface area contributed by atoms with Crippen LogP contribution in [0.3, 0.4) is 0 Å². The minimum absolute atomic E-state index is 0.0429. The molecule has 2 N–H and O–H groups in total. The number of fused-ring (bicyclic) bond motifs is 1. The van der Waals surface area contributed by atoms with Crippen LogP contribution in [0.15, 0.2) is 24.3 Å². The molecule has 0 aromatic heterocycles. The van der Waals surface area contributed by atoms with Crippen molar-refractivity contribution < 1.29 is 9.84 Å². The summed E-state index contributed by atoms with van der Waals surface area (Å²) < 4.78 is 5.21. The molecule has 0 aliphatic carbocycles. The quantitative estimate of drug-likeness (QED) is 0.837. The molecule has 2 rings (SSSR count). The van der Waals surface area contributed by atoms with Crippen LogP contribution in [0.4, 0.5) is 0 Å². The monoisotopic (exact) mass is 235 g/mol. The van der Waals surface area contributed by atoms with Gasteiger partial charge in [-0.05, 0) is 17.0 Å². The Hall–Kier alpha value is -0.900. The van der Waals surface area contributed by atoms with Crippen molar-refractivity contribution in [1.82, 2.24) is 5.32 Å². The third-order valence-electron chi connectivity index (χ3n) is 3.74. The highest BCUT2D eigenvalue weighted by molar-refractivity contribution is 5.36. The molecule has 17 heavy (non-hydrogen) atoms. The summed E-state index contributed by atoms with van der Waals surface area (Å²) in [6.45, 7) is 5.22. The van der Waals surface area contributed by atoms with Gasteiger partial charge in [-0.1, -0.05) is 38.1 Å². The lowest BCUT2D eigenvalue weighted by molar-refractivity contribution is -0.0891. The molecule has 94 valence electrons. The predicted molar refractivity (Wildman–Crippen MR) is 67.7 cm³/mol. The summed E-state index contributed by atoms with van der Waals surface area (Å²) in [6, 6.07) is 8.21. The molecule has 3 heteroatoms. The van der Waals surface area contributed by atoms with Gasteiger partial charge in [-0.2, -0.15) is 0 Å². The molecule has 1 aliphatic heterocycles. The summed E-state index contributed by atoms with van der Waals surface area (Å²) in [5.41, 5.74) is 1.61. The zero-order valence-corrected chi connectivity index (χ0v) is 10.7. The molecule has 1 aromatic carbocycles. The Labute approximate surface area is 103 Å².